The monoisotopic (exact) mass is 372 g/mol. The molecule has 0 saturated carbocycles. The van der Waals surface area contributed by atoms with E-state index >= 15 is 0 Å². The molecular weight excluding hydrogens is 352 g/mol. The van der Waals surface area contributed by atoms with Crippen molar-refractivity contribution in [3.05, 3.63) is 102 Å². The van der Waals surface area contributed by atoms with E-state index in [-0.39, 0.29) is 12.5 Å². The van der Waals surface area contributed by atoms with Gasteiger partial charge in [0, 0.05) is 18.0 Å². The SMILES string of the molecule is O=C(CNC(=O)C(c1ccccc1)c1ccccc1)N/N=C\c1cccnc1. The first kappa shape index (κ1) is 19.0. The van der Waals surface area contributed by atoms with Crippen molar-refractivity contribution >= 4 is 18.0 Å². The second-order valence-corrected chi connectivity index (χ2v) is 6.05. The Morgan fingerprint density at radius 1 is 0.929 bits per heavy atom. The molecule has 0 fully saturated rings. The van der Waals surface area contributed by atoms with Crippen molar-refractivity contribution < 1.29 is 9.59 Å². The van der Waals surface area contributed by atoms with E-state index in [4.69, 9.17) is 0 Å². The maximum Gasteiger partial charge on any atom is 0.259 e. The van der Waals surface area contributed by atoms with E-state index < -0.39 is 11.8 Å². The second-order valence-electron chi connectivity index (χ2n) is 6.05. The zero-order valence-corrected chi connectivity index (χ0v) is 15.2. The van der Waals surface area contributed by atoms with Crippen LogP contribution in [0.2, 0.25) is 0 Å². The van der Waals surface area contributed by atoms with Crippen LogP contribution in [0.4, 0.5) is 0 Å². The van der Waals surface area contributed by atoms with Crippen LogP contribution in [-0.4, -0.2) is 29.6 Å². The molecule has 0 aliphatic heterocycles. The van der Waals surface area contributed by atoms with Gasteiger partial charge in [-0.1, -0.05) is 66.7 Å². The van der Waals surface area contributed by atoms with E-state index in [1.807, 2.05) is 66.7 Å². The Balaban J connectivity index is 1.61. The molecular formula is C22H20N4O2. The molecule has 2 N–H and O–H groups in total. The van der Waals surface area contributed by atoms with Gasteiger partial charge in [0.2, 0.25) is 5.91 Å². The minimum absolute atomic E-state index is 0.167. The molecule has 140 valence electrons. The number of hydrogen-bond acceptors (Lipinski definition) is 4. The summed E-state index contributed by atoms with van der Waals surface area (Å²) in [5.41, 5.74) is 4.88. The number of aromatic nitrogens is 1. The number of carbonyl (C=O) groups is 2. The summed E-state index contributed by atoms with van der Waals surface area (Å²) in [7, 11) is 0. The summed E-state index contributed by atoms with van der Waals surface area (Å²) in [5, 5.41) is 6.56. The number of nitrogens with one attached hydrogen (secondary N) is 2. The molecule has 1 aromatic heterocycles. The van der Waals surface area contributed by atoms with Gasteiger partial charge in [0.15, 0.2) is 0 Å². The summed E-state index contributed by atoms with van der Waals surface area (Å²) >= 11 is 0. The van der Waals surface area contributed by atoms with E-state index in [1.165, 1.54) is 6.21 Å². The highest BCUT2D eigenvalue weighted by Gasteiger charge is 2.22. The van der Waals surface area contributed by atoms with Crippen LogP contribution in [0.1, 0.15) is 22.6 Å². The van der Waals surface area contributed by atoms with Crippen LogP contribution < -0.4 is 10.7 Å². The van der Waals surface area contributed by atoms with Crippen LogP contribution in [0, 0.1) is 0 Å². The molecule has 0 aliphatic rings. The van der Waals surface area contributed by atoms with E-state index in [1.54, 1.807) is 18.5 Å². The highest BCUT2D eigenvalue weighted by molar-refractivity contribution is 5.91. The lowest BCUT2D eigenvalue weighted by Gasteiger charge is -2.17. The number of pyridine rings is 1. The van der Waals surface area contributed by atoms with E-state index in [0.717, 1.165) is 16.7 Å². The van der Waals surface area contributed by atoms with Gasteiger partial charge in [0.05, 0.1) is 18.7 Å². The Morgan fingerprint density at radius 3 is 2.14 bits per heavy atom. The summed E-state index contributed by atoms with van der Waals surface area (Å²) < 4.78 is 0. The Bertz CT molecular complexity index is 889. The summed E-state index contributed by atoms with van der Waals surface area (Å²) in [6.45, 7) is -0.167. The normalized spacial score (nSPS) is 10.8. The molecule has 2 aromatic carbocycles. The molecule has 0 bridgehead atoms. The van der Waals surface area contributed by atoms with Crippen LogP contribution in [-0.2, 0) is 9.59 Å². The number of rotatable bonds is 7. The first-order valence-corrected chi connectivity index (χ1v) is 8.83. The molecule has 6 nitrogen and oxygen atoms in total. The minimum atomic E-state index is -0.492. The van der Waals surface area contributed by atoms with Crippen molar-refractivity contribution in [2.45, 2.75) is 5.92 Å². The first-order valence-electron chi connectivity index (χ1n) is 8.83. The van der Waals surface area contributed by atoms with Gasteiger partial charge in [0.1, 0.15) is 0 Å². The molecule has 1 heterocycles. The van der Waals surface area contributed by atoms with Gasteiger partial charge in [-0.25, -0.2) is 5.43 Å². The predicted molar refractivity (Wildman–Crippen MR) is 108 cm³/mol. The van der Waals surface area contributed by atoms with E-state index in [2.05, 4.69) is 20.8 Å². The van der Waals surface area contributed by atoms with Crippen molar-refractivity contribution in [2.75, 3.05) is 6.54 Å². The van der Waals surface area contributed by atoms with Crippen molar-refractivity contribution in [2.24, 2.45) is 5.10 Å². The average Bonchev–Trinajstić information content (AvgIpc) is 2.75. The topological polar surface area (TPSA) is 83.5 Å². The van der Waals surface area contributed by atoms with Gasteiger partial charge in [-0.3, -0.25) is 14.6 Å². The zero-order chi connectivity index (χ0) is 19.6. The van der Waals surface area contributed by atoms with E-state index in [0.29, 0.717) is 0 Å². The second kappa shape index (κ2) is 9.78. The Kier molecular flexibility index (Phi) is 6.62. The maximum atomic E-state index is 12.8. The first-order chi connectivity index (χ1) is 13.7. The van der Waals surface area contributed by atoms with Gasteiger partial charge in [-0.2, -0.15) is 5.10 Å². The van der Waals surface area contributed by atoms with Crippen molar-refractivity contribution in [1.29, 1.82) is 0 Å². The standard InChI is InChI=1S/C22H20N4O2/c27-20(26-25-15-17-8-7-13-23-14-17)16-24-22(28)21(18-9-3-1-4-10-18)19-11-5-2-6-12-19/h1-15,21H,16H2,(H,24,28)(H,26,27)/b25-15-. The number of hydrazone groups is 1. The van der Waals surface area contributed by atoms with Crippen LogP contribution in [0.5, 0.6) is 0 Å². The number of amides is 2. The van der Waals surface area contributed by atoms with Crippen molar-refractivity contribution in [1.82, 2.24) is 15.7 Å². The summed E-state index contributed by atoms with van der Waals surface area (Å²) in [6, 6.07) is 22.5. The van der Waals surface area contributed by atoms with Crippen LogP contribution in [0.25, 0.3) is 0 Å². The lowest BCUT2D eigenvalue weighted by molar-refractivity contribution is -0.126. The zero-order valence-electron chi connectivity index (χ0n) is 15.2. The fourth-order valence-corrected chi connectivity index (χ4v) is 2.73. The lowest BCUT2D eigenvalue weighted by atomic mass is 9.90. The van der Waals surface area contributed by atoms with Crippen LogP contribution >= 0.6 is 0 Å². The summed E-state index contributed by atoms with van der Waals surface area (Å²) in [4.78, 5) is 28.7. The molecule has 2 amide bonds. The van der Waals surface area contributed by atoms with Gasteiger partial charge in [0.25, 0.3) is 5.91 Å². The predicted octanol–water partition coefficient (Wildman–Crippen LogP) is 2.48. The summed E-state index contributed by atoms with van der Waals surface area (Å²) in [5.74, 6) is -1.15. The molecule has 0 unspecified atom stereocenters. The molecule has 0 aliphatic carbocycles. The quantitative estimate of drug-likeness (QED) is 0.494. The van der Waals surface area contributed by atoms with Crippen molar-refractivity contribution in [3.8, 4) is 0 Å². The maximum absolute atomic E-state index is 12.8. The molecule has 0 saturated heterocycles. The highest BCUT2D eigenvalue weighted by atomic mass is 16.2. The van der Waals surface area contributed by atoms with Crippen LogP contribution in [0.15, 0.2) is 90.3 Å². The molecule has 0 spiro atoms. The van der Waals surface area contributed by atoms with Crippen LogP contribution in [0.3, 0.4) is 0 Å². The molecule has 3 aromatic rings. The molecule has 0 atom stereocenters. The van der Waals surface area contributed by atoms with Crippen molar-refractivity contribution in [3.63, 3.8) is 0 Å². The molecule has 0 radical (unpaired) electrons. The minimum Gasteiger partial charge on any atom is -0.346 e. The van der Waals surface area contributed by atoms with E-state index in [9.17, 15) is 9.59 Å². The number of benzene rings is 2. The smallest absolute Gasteiger partial charge is 0.259 e. The van der Waals surface area contributed by atoms with Gasteiger partial charge < -0.3 is 5.32 Å². The Hall–Kier alpha value is -3.80. The highest BCUT2D eigenvalue weighted by Crippen LogP contribution is 2.24. The average molecular weight is 372 g/mol. The Morgan fingerprint density at radius 2 is 1.57 bits per heavy atom. The Labute approximate surface area is 163 Å². The largest absolute Gasteiger partial charge is 0.346 e. The fraction of sp³-hybridized carbons (Fsp3) is 0.0909. The van der Waals surface area contributed by atoms with Gasteiger partial charge >= 0.3 is 0 Å². The third kappa shape index (κ3) is 5.35. The fourth-order valence-electron chi connectivity index (χ4n) is 2.73. The van der Waals surface area contributed by atoms with Gasteiger partial charge in [-0.15, -0.1) is 0 Å². The lowest BCUT2D eigenvalue weighted by Crippen LogP contribution is -2.37. The van der Waals surface area contributed by atoms with Gasteiger partial charge in [-0.05, 0) is 17.2 Å². The molecule has 3 rings (SSSR count). The molecule has 6 heteroatoms. The number of carbonyl (C=O) groups excluding carboxylic acids is 2. The third-order valence-corrected chi connectivity index (χ3v) is 4.04. The molecule has 28 heavy (non-hydrogen) atoms. The number of hydrogen-bond donors (Lipinski definition) is 2. The summed E-state index contributed by atoms with van der Waals surface area (Å²) in [6.07, 6.45) is 4.77. The third-order valence-electron chi connectivity index (χ3n) is 4.04. The number of nitrogens with zero attached hydrogens (tertiary/aromatic N) is 2.